The molecule has 1 spiro atoms. The molecule has 0 fully saturated rings. The van der Waals surface area contributed by atoms with Gasteiger partial charge in [0.15, 0.2) is 0 Å². The fourth-order valence-electron chi connectivity index (χ4n) is 4.06. The minimum Gasteiger partial charge on any atom is -0.482 e. The van der Waals surface area contributed by atoms with E-state index in [-0.39, 0.29) is 11.5 Å². The van der Waals surface area contributed by atoms with Gasteiger partial charge in [0.2, 0.25) is 0 Å². The van der Waals surface area contributed by atoms with Crippen molar-refractivity contribution < 1.29 is 9.53 Å². The van der Waals surface area contributed by atoms with Crippen molar-refractivity contribution in [2.45, 2.75) is 38.7 Å². The molecule has 0 aliphatic carbocycles. The van der Waals surface area contributed by atoms with Crippen LogP contribution in [0.5, 0.6) is 5.75 Å². The minimum atomic E-state index is -0.376. The molecule has 2 aliphatic rings. The largest absolute Gasteiger partial charge is 0.482 e. The van der Waals surface area contributed by atoms with Gasteiger partial charge in [-0.2, -0.15) is 0 Å². The van der Waals surface area contributed by atoms with Crippen LogP contribution in [-0.4, -0.2) is 47.2 Å². The van der Waals surface area contributed by atoms with E-state index in [0.717, 1.165) is 48.3 Å². The summed E-state index contributed by atoms with van der Waals surface area (Å²) in [6.45, 7) is 6.17. The van der Waals surface area contributed by atoms with Crippen LogP contribution in [0.15, 0.2) is 53.7 Å². The molecule has 1 atom stereocenters. The van der Waals surface area contributed by atoms with E-state index in [4.69, 9.17) is 4.74 Å². The van der Waals surface area contributed by atoms with Crippen molar-refractivity contribution in [1.82, 2.24) is 9.88 Å². The topological polar surface area (TPSA) is 54.8 Å². The van der Waals surface area contributed by atoms with Crippen molar-refractivity contribution in [2.24, 2.45) is 4.99 Å². The number of carbonyl (C=O) groups excluding carboxylic acids is 1. The van der Waals surface area contributed by atoms with E-state index in [0.29, 0.717) is 18.8 Å². The number of aliphatic imine (C=N–C) groups is 1. The van der Waals surface area contributed by atoms with Crippen molar-refractivity contribution in [3.63, 3.8) is 0 Å². The Morgan fingerprint density at radius 2 is 2.00 bits per heavy atom. The van der Waals surface area contributed by atoms with Crippen LogP contribution in [0.1, 0.15) is 54.7 Å². The van der Waals surface area contributed by atoms with Gasteiger partial charge in [-0.25, -0.2) is 0 Å². The highest BCUT2D eigenvalue weighted by molar-refractivity contribution is 5.93. The summed E-state index contributed by atoms with van der Waals surface area (Å²) in [6, 6.07) is 12.0. The van der Waals surface area contributed by atoms with Crippen LogP contribution in [-0.2, 0) is 0 Å². The van der Waals surface area contributed by atoms with Gasteiger partial charge in [-0.1, -0.05) is 24.3 Å². The Labute approximate surface area is 172 Å². The normalized spacial score (nSPS) is 20.4. The maximum absolute atomic E-state index is 12.6. The van der Waals surface area contributed by atoms with Crippen molar-refractivity contribution >= 4 is 17.7 Å². The summed E-state index contributed by atoms with van der Waals surface area (Å²) in [5.74, 6) is 0.864. The predicted octanol–water partition coefficient (Wildman–Crippen LogP) is 4.38. The Bertz CT molecular complexity index is 945. The number of fused-ring (bicyclic) bond motifs is 1. The highest BCUT2D eigenvalue weighted by Crippen LogP contribution is 2.42. The van der Waals surface area contributed by atoms with Gasteiger partial charge in [-0.05, 0) is 50.5 Å². The molecule has 150 valence electrons. The number of rotatable bonds is 4. The SMILES string of the molecule is CCN(CC)C(=O)c1ccc(C2=CC3(CC=NCCC3)Oc3ccccc32)cn1. The standard InChI is InChI=1S/C24H27N3O2/c1-3-27(4-2)23(28)21-11-10-18(17-26-21)20-16-24(12-7-14-25-15-13-24)29-22-9-6-5-8-19(20)22/h5-6,8-11,15-17H,3-4,7,12-14H2,1-2H3. The molecule has 0 saturated heterocycles. The second-order valence-corrected chi connectivity index (χ2v) is 7.53. The van der Waals surface area contributed by atoms with Gasteiger partial charge < -0.3 is 9.64 Å². The zero-order chi connectivity index (χ0) is 20.3. The molecule has 29 heavy (non-hydrogen) atoms. The molecule has 0 radical (unpaired) electrons. The van der Waals surface area contributed by atoms with E-state index in [1.807, 2.05) is 56.6 Å². The predicted molar refractivity (Wildman–Crippen MR) is 116 cm³/mol. The molecule has 0 saturated carbocycles. The first-order chi connectivity index (χ1) is 14.2. The van der Waals surface area contributed by atoms with Crippen LogP contribution in [0.2, 0.25) is 0 Å². The number of aromatic nitrogens is 1. The van der Waals surface area contributed by atoms with Crippen LogP contribution in [0, 0.1) is 0 Å². The Morgan fingerprint density at radius 3 is 2.76 bits per heavy atom. The van der Waals surface area contributed by atoms with Gasteiger partial charge in [-0.3, -0.25) is 14.8 Å². The highest BCUT2D eigenvalue weighted by Gasteiger charge is 2.35. The van der Waals surface area contributed by atoms with E-state index in [9.17, 15) is 4.79 Å². The zero-order valence-electron chi connectivity index (χ0n) is 17.1. The fraction of sp³-hybridized carbons (Fsp3) is 0.375. The molecule has 5 heteroatoms. The summed E-state index contributed by atoms with van der Waals surface area (Å²) < 4.78 is 6.47. The number of pyridine rings is 1. The molecule has 1 aromatic heterocycles. The summed E-state index contributed by atoms with van der Waals surface area (Å²) in [7, 11) is 0. The van der Waals surface area contributed by atoms with Gasteiger partial charge in [0.05, 0.1) is 0 Å². The third-order valence-corrected chi connectivity index (χ3v) is 5.70. The Morgan fingerprint density at radius 1 is 1.17 bits per heavy atom. The molecule has 1 amide bonds. The first-order valence-electron chi connectivity index (χ1n) is 10.4. The molecule has 1 unspecified atom stereocenters. The smallest absolute Gasteiger partial charge is 0.272 e. The molecule has 2 aromatic rings. The van der Waals surface area contributed by atoms with E-state index in [1.54, 1.807) is 4.90 Å². The summed E-state index contributed by atoms with van der Waals surface area (Å²) in [6.07, 6.45) is 8.71. The van der Waals surface area contributed by atoms with Crippen LogP contribution < -0.4 is 4.74 Å². The monoisotopic (exact) mass is 389 g/mol. The van der Waals surface area contributed by atoms with Gasteiger partial charge in [0.25, 0.3) is 5.91 Å². The van der Waals surface area contributed by atoms with E-state index >= 15 is 0 Å². The second-order valence-electron chi connectivity index (χ2n) is 7.53. The van der Waals surface area contributed by atoms with Crippen LogP contribution in [0.3, 0.4) is 0 Å². The zero-order valence-corrected chi connectivity index (χ0v) is 17.1. The lowest BCUT2D eigenvalue weighted by Gasteiger charge is -2.36. The quantitative estimate of drug-likeness (QED) is 0.780. The maximum Gasteiger partial charge on any atom is 0.272 e. The average molecular weight is 389 g/mol. The van der Waals surface area contributed by atoms with Crippen LogP contribution in [0.4, 0.5) is 0 Å². The number of hydrogen-bond acceptors (Lipinski definition) is 4. The second kappa shape index (κ2) is 8.19. The van der Waals surface area contributed by atoms with E-state index in [1.165, 1.54) is 0 Å². The summed E-state index contributed by atoms with van der Waals surface area (Å²) in [5.41, 5.74) is 3.27. The Balaban J connectivity index is 1.72. The van der Waals surface area contributed by atoms with Gasteiger partial charge in [0.1, 0.15) is 17.0 Å². The van der Waals surface area contributed by atoms with E-state index < -0.39 is 0 Å². The first kappa shape index (κ1) is 19.4. The number of amides is 1. The number of ether oxygens (including phenoxy) is 1. The van der Waals surface area contributed by atoms with Crippen LogP contribution >= 0.6 is 0 Å². The van der Waals surface area contributed by atoms with Crippen molar-refractivity contribution in [3.05, 3.63) is 65.5 Å². The molecule has 5 nitrogen and oxygen atoms in total. The average Bonchev–Trinajstić information content (AvgIpc) is 2.99. The molecule has 4 rings (SSSR count). The molecule has 0 bridgehead atoms. The highest BCUT2D eigenvalue weighted by atomic mass is 16.5. The van der Waals surface area contributed by atoms with E-state index in [2.05, 4.69) is 22.1 Å². The number of hydrogen-bond donors (Lipinski definition) is 0. The molecule has 2 aliphatic heterocycles. The Hall–Kier alpha value is -2.95. The third kappa shape index (κ3) is 3.82. The van der Waals surface area contributed by atoms with Crippen molar-refractivity contribution in [1.29, 1.82) is 0 Å². The number of nitrogens with zero attached hydrogens (tertiary/aromatic N) is 3. The Kier molecular flexibility index (Phi) is 5.47. The summed E-state index contributed by atoms with van der Waals surface area (Å²) in [4.78, 5) is 23.3. The number of para-hydroxylation sites is 1. The number of benzene rings is 1. The number of carbonyl (C=O) groups is 1. The summed E-state index contributed by atoms with van der Waals surface area (Å²) >= 11 is 0. The lowest BCUT2D eigenvalue weighted by Crippen LogP contribution is -2.36. The first-order valence-corrected chi connectivity index (χ1v) is 10.4. The molecular weight excluding hydrogens is 362 g/mol. The molecule has 1 aromatic carbocycles. The van der Waals surface area contributed by atoms with Gasteiger partial charge >= 0.3 is 0 Å². The third-order valence-electron chi connectivity index (χ3n) is 5.70. The lowest BCUT2D eigenvalue weighted by atomic mass is 9.85. The van der Waals surface area contributed by atoms with Crippen LogP contribution in [0.25, 0.3) is 5.57 Å². The summed E-state index contributed by atoms with van der Waals surface area (Å²) in [5, 5.41) is 0. The minimum absolute atomic E-state index is 0.0284. The molecular formula is C24H27N3O2. The maximum atomic E-state index is 12.6. The van der Waals surface area contributed by atoms with Crippen molar-refractivity contribution in [2.75, 3.05) is 19.6 Å². The molecule has 0 N–H and O–H groups in total. The van der Waals surface area contributed by atoms with Gasteiger partial charge in [0, 0.05) is 49.6 Å². The fourth-order valence-corrected chi connectivity index (χ4v) is 4.06. The lowest BCUT2D eigenvalue weighted by molar-refractivity contribution is 0.0767. The molecule has 3 heterocycles. The van der Waals surface area contributed by atoms with Gasteiger partial charge in [-0.15, -0.1) is 0 Å². The van der Waals surface area contributed by atoms with Crippen molar-refractivity contribution in [3.8, 4) is 5.75 Å².